The first kappa shape index (κ1) is 22.0. The molecule has 0 aliphatic rings. The summed E-state index contributed by atoms with van der Waals surface area (Å²) < 4.78 is 31.0. The lowest BCUT2D eigenvalue weighted by Crippen LogP contribution is -2.30. The Morgan fingerprint density at radius 1 is 1.11 bits per heavy atom. The van der Waals surface area contributed by atoms with Gasteiger partial charge in [0.2, 0.25) is 10.0 Å². The summed E-state index contributed by atoms with van der Waals surface area (Å²) in [5.74, 6) is -0.335. The van der Waals surface area contributed by atoms with E-state index in [-0.39, 0.29) is 30.6 Å². The van der Waals surface area contributed by atoms with Crippen molar-refractivity contribution in [2.75, 3.05) is 33.9 Å². The third-order valence-corrected chi connectivity index (χ3v) is 6.03. The summed E-state index contributed by atoms with van der Waals surface area (Å²) >= 11 is 0. The fourth-order valence-corrected chi connectivity index (χ4v) is 3.43. The molecule has 0 spiro atoms. The minimum absolute atomic E-state index is 0.113. The highest BCUT2D eigenvalue weighted by molar-refractivity contribution is 7.89. The molecule has 0 fully saturated rings. The first-order valence-corrected chi connectivity index (χ1v) is 10.3. The van der Waals surface area contributed by atoms with Crippen molar-refractivity contribution < 1.29 is 23.1 Å². The molecule has 2 rings (SSSR count). The Bertz CT molecular complexity index is 878. The van der Waals surface area contributed by atoms with Gasteiger partial charge in [-0.05, 0) is 36.8 Å². The lowest BCUT2D eigenvalue weighted by atomic mass is 10.1. The van der Waals surface area contributed by atoms with E-state index in [1.807, 2.05) is 31.2 Å². The van der Waals surface area contributed by atoms with Gasteiger partial charge in [0, 0.05) is 26.2 Å². The van der Waals surface area contributed by atoms with E-state index in [0.29, 0.717) is 5.56 Å². The van der Waals surface area contributed by atoms with Crippen molar-refractivity contribution in [3.63, 3.8) is 0 Å². The predicted octanol–water partition coefficient (Wildman–Crippen LogP) is 1.73. The summed E-state index contributed by atoms with van der Waals surface area (Å²) in [5, 5.41) is 11.8. The SMILES string of the molecule is Cc1ccc(C(CNC(=O)c2ccc(S(=O)(=O)N(C)C)cc2)OCCO)cc1. The standard InChI is InChI=1S/C20H26N2O5S/c1-15-4-6-16(7-5-15)19(27-13-12-23)14-21-20(24)17-8-10-18(11-9-17)28(25,26)22(2)3/h4-11,19,23H,12-14H2,1-3H3,(H,21,24). The molecule has 0 saturated carbocycles. The van der Waals surface area contributed by atoms with E-state index >= 15 is 0 Å². The minimum atomic E-state index is -3.54. The van der Waals surface area contributed by atoms with Crippen LogP contribution in [0.1, 0.15) is 27.6 Å². The van der Waals surface area contributed by atoms with Gasteiger partial charge in [-0.1, -0.05) is 29.8 Å². The highest BCUT2D eigenvalue weighted by atomic mass is 32.2. The molecule has 0 saturated heterocycles. The monoisotopic (exact) mass is 406 g/mol. The molecule has 2 aromatic carbocycles. The highest BCUT2D eigenvalue weighted by Gasteiger charge is 2.18. The van der Waals surface area contributed by atoms with Crippen LogP contribution in [0.2, 0.25) is 0 Å². The van der Waals surface area contributed by atoms with Crippen LogP contribution in [0.15, 0.2) is 53.4 Å². The molecule has 0 aromatic heterocycles. The van der Waals surface area contributed by atoms with Crippen LogP contribution in [-0.4, -0.2) is 57.6 Å². The Hall–Kier alpha value is -2.26. The van der Waals surface area contributed by atoms with Crippen molar-refractivity contribution in [3.8, 4) is 0 Å². The number of aliphatic hydroxyl groups excluding tert-OH is 1. The van der Waals surface area contributed by atoms with Gasteiger partial charge in [0.15, 0.2) is 0 Å². The van der Waals surface area contributed by atoms with E-state index in [4.69, 9.17) is 9.84 Å². The number of amides is 1. The number of ether oxygens (including phenoxy) is 1. The Balaban J connectivity index is 2.06. The van der Waals surface area contributed by atoms with Crippen LogP contribution in [0, 0.1) is 6.92 Å². The summed E-state index contributed by atoms with van der Waals surface area (Å²) in [6.45, 7) is 2.25. The average molecular weight is 407 g/mol. The second kappa shape index (κ2) is 9.79. The zero-order valence-corrected chi connectivity index (χ0v) is 17.1. The highest BCUT2D eigenvalue weighted by Crippen LogP contribution is 2.18. The van der Waals surface area contributed by atoms with Gasteiger partial charge in [0.25, 0.3) is 5.91 Å². The second-order valence-electron chi connectivity index (χ2n) is 6.52. The molecule has 1 atom stereocenters. The number of carbonyl (C=O) groups is 1. The van der Waals surface area contributed by atoms with Crippen LogP contribution in [0.5, 0.6) is 0 Å². The Morgan fingerprint density at radius 3 is 2.25 bits per heavy atom. The zero-order valence-electron chi connectivity index (χ0n) is 16.3. The zero-order chi connectivity index (χ0) is 20.7. The van der Waals surface area contributed by atoms with Crippen molar-refractivity contribution in [1.29, 1.82) is 0 Å². The summed E-state index contributed by atoms with van der Waals surface area (Å²) in [4.78, 5) is 12.6. The van der Waals surface area contributed by atoms with Crippen molar-refractivity contribution in [1.82, 2.24) is 9.62 Å². The minimum Gasteiger partial charge on any atom is -0.394 e. The first-order valence-electron chi connectivity index (χ1n) is 8.85. The molecule has 0 bridgehead atoms. The first-order chi connectivity index (χ1) is 13.3. The lowest BCUT2D eigenvalue weighted by molar-refractivity contribution is 0.0277. The molecule has 1 amide bonds. The van der Waals surface area contributed by atoms with E-state index in [0.717, 1.165) is 15.4 Å². The van der Waals surface area contributed by atoms with Gasteiger partial charge in [-0.15, -0.1) is 0 Å². The van der Waals surface area contributed by atoms with Crippen LogP contribution >= 0.6 is 0 Å². The number of hydrogen-bond donors (Lipinski definition) is 2. The number of aliphatic hydroxyl groups is 1. The normalized spacial score (nSPS) is 12.8. The van der Waals surface area contributed by atoms with Gasteiger partial charge in [0.05, 0.1) is 24.2 Å². The number of sulfonamides is 1. The van der Waals surface area contributed by atoms with Crippen LogP contribution < -0.4 is 5.32 Å². The van der Waals surface area contributed by atoms with Crippen LogP contribution in [-0.2, 0) is 14.8 Å². The van der Waals surface area contributed by atoms with Crippen LogP contribution in [0.4, 0.5) is 0 Å². The molecule has 7 nitrogen and oxygen atoms in total. The molecule has 2 N–H and O–H groups in total. The number of hydrogen-bond acceptors (Lipinski definition) is 5. The fourth-order valence-electron chi connectivity index (χ4n) is 2.53. The summed E-state index contributed by atoms with van der Waals surface area (Å²) in [6, 6.07) is 13.5. The van der Waals surface area contributed by atoms with Gasteiger partial charge in [-0.2, -0.15) is 0 Å². The third kappa shape index (κ3) is 5.62. The summed E-state index contributed by atoms with van der Waals surface area (Å²) in [6.07, 6.45) is -0.398. The van der Waals surface area contributed by atoms with Crippen LogP contribution in [0.25, 0.3) is 0 Å². The van der Waals surface area contributed by atoms with Crippen molar-refractivity contribution >= 4 is 15.9 Å². The maximum absolute atomic E-state index is 12.4. The van der Waals surface area contributed by atoms with Gasteiger partial charge >= 0.3 is 0 Å². The molecule has 152 valence electrons. The van der Waals surface area contributed by atoms with Crippen LogP contribution in [0.3, 0.4) is 0 Å². The van der Waals surface area contributed by atoms with Gasteiger partial charge < -0.3 is 15.2 Å². The molecular formula is C20H26N2O5S. The average Bonchev–Trinajstić information content (AvgIpc) is 2.68. The molecule has 2 aromatic rings. The Morgan fingerprint density at radius 2 is 1.71 bits per heavy atom. The number of aryl methyl sites for hydroxylation is 1. The smallest absolute Gasteiger partial charge is 0.251 e. The number of nitrogens with zero attached hydrogens (tertiary/aromatic N) is 1. The van der Waals surface area contributed by atoms with E-state index in [9.17, 15) is 13.2 Å². The maximum atomic E-state index is 12.4. The van der Waals surface area contributed by atoms with Crippen molar-refractivity contribution in [3.05, 3.63) is 65.2 Å². The van der Waals surface area contributed by atoms with Crippen molar-refractivity contribution in [2.24, 2.45) is 0 Å². The van der Waals surface area contributed by atoms with Gasteiger partial charge in [-0.3, -0.25) is 4.79 Å². The second-order valence-corrected chi connectivity index (χ2v) is 8.67. The quantitative estimate of drug-likeness (QED) is 0.661. The van der Waals surface area contributed by atoms with Gasteiger partial charge in [0.1, 0.15) is 0 Å². The fraction of sp³-hybridized carbons (Fsp3) is 0.350. The molecule has 1 unspecified atom stereocenters. The molecular weight excluding hydrogens is 380 g/mol. The summed E-state index contributed by atoms with van der Waals surface area (Å²) in [5.41, 5.74) is 2.36. The molecule has 28 heavy (non-hydrogen) atoms. The van der Waals surface area contributed by atoms with Gasteiger partial charge in [-0.25, -0.2) is 12.7 Å². The molecule has 0 radical (unpaired) electrons. The Labute approximate surface area is 166 Å². The summed E-state index contributed by atoms with van der Waals surface area (Å²) in [7, 11) is -0.633. The number of rotatable bonds is 9. The predicted molar refractivity (Wildman–Crippen MR) is 107 cm³/mol. The lowest BCUT2D eigenvalue weighted by Gasteiger charge is -2.19. The molecule has 0 aliphatic heterocycles. The molecule has 0 aliphatic carbocycles. The number of benzene rings is 2. The van der Waals surface area contributed by atoms with E-state index in [2.05, 4.69) is 5.32 Å². The van der Waals surface area contributed by atoms with E-state index < -0.39 is 16.1 Å². The Kier molecular flexibility index (Phi) is 7.70. The third-order valence-electron chi connectivity index (χ3n) is 4.20. The van der Waals surface area contributed by atoms with Crippen molar-refractivity contribution in [2.45, 2.75) is 17.9 Å². The van der Waals surface area contributed by atoms with E-state index in [1.54, 1.807) is 0 Å². The number of nitrogens with one attached hydrogen (secondary N) is 1. The van der Waals surface area contributed by atoms with E-state index in [1.165, 1.54) is 38.4 Å². The number of carbonyl (C=O) groups excluding carboxylic acids is 1. The topological polar surface area (TPSA) is 95.9 Å². The molecule has 8 heteroatoms. The maximum Gasteiger partial charge on any atom is 0.251 e. The molecule has 0 heterocycles. The largest absolute Gasteiger partial charge is 0.394 e.